The minimum atomic E-state index is -0.251. The zero-order valence-corrected chi connectivity index (χ0v) is 15.5. The molecule has 8 heteroatoms. The van der Waals surface area contributed by atoms with Gasteiger partial charge in [-0.25, -0.2) is 4.99 Å². The van der Waals surface area contributed by atoms with Crippen molar-refractivity contribution in [3.8, 4) is 0 Å². The molecule has 0 fully saturated rings. The predicted molar refractivity (Wildman–Crippen MR) is 106 cm³/mol. The fourth-order valence-electron chi connectivity index (χ4n) is 3.34. The lowest BCUT2D eigenvalue weighted by atomic mass is 10.1. The van der Waals surface area contributed by atoms with Crippen molar-refractivity contribution in [3.05, 3.63) is 78.8 Å². The number of hydrogen-bond acceptors (Lipinski definition) is 5. The number of fused-ring (bicyclic) bond motifs is 2. The molecule has 2 aliphatic heterocycles. The minimum absolute atomic E-state index is 0.202. The first-order valence-corrected chi connectivity index (χ1v) is 9.51. The molecule has 0 unspecified atom stereocenters. The fraction of sp³-hybridized carbons (Fsp3) is 0.105. The summed E-state index contributed by atoms with van der Waals surface area (Å²) in [7, 11) is 0. The second-order valence-electron chi connectivity index (χ2n) is 6.28. The molecule has 27 heavy (non-hydrogen) atoms. The van der Waals surface area contributed by atoms with E-state index in [9.17, 15) is 9.59 Å². The van der Waals surface area contributed by atoms with Crippen molar-refractivity contribution in [3.63, 3.8) is 0 Å². The standard InChI is InChI=1S/C19H13ClN4O2S/c20-11-4-3-5-12(8-11)23-9-21-19-24(10-23)18(26)16(27-19)15-13-6-1-2-7-14(13)22-17(15)25/h1-8H,9-10H2,(H,22,25). The lowest BCUT2D eigenvalue weighted by molar-refractivity contribution is -0.110. The van der Waals surface area contributed by atoms with Crippen molar-refractivity contribution in [1.82, 2.24) is 4.57 Å². The van der Waals surface area contributed by atoms with Gasteiger partial charge in [0.25, 0.3) is 11.5 Å². The summed E-state index contributed by atoms with van der Waals surface area (Å²) < 4.78 is 2.02. The van der Waals surface area contributed by atoms with Crippen LogP contribution in [0.1, 0.15) is 5.56 Å². The average Bonchev–Trinajstić information content (AvgIpc) is 3.17. The summed E-state index contributed by atoms with van der Waals surface area (Å²) in [6.07, 6.45) is 0. The molecule has 1 N–H and O–H groups in total. The number of rotatable bonds is 1. The molecular weight excluding hydrogens is 384 g/mol. The van der Waals surface area contributed by atoms with E-state index < -0.39 is 0 Å². The van der Waals surface area contributed by atoms with Gasteiger partial charge in [0.1, 0.15) is 17.9 Å². The number of halogens is 1. The number of para-hydroxylation sites is 1. The van der Waals surface area contributed by atoms with E-state index in [4.69, 9.17) is 11.6 Å². The fourth-order valence-corrected chi connectivity index (χ4v) is 4.58. The van der Waals surface area contributed by atoms with Crippen LogP contribution in [-0.2, 0) is 11.5 Å². The number of nitrogens with one attached hydrogen (secondary N) is 1. The molecule has 1 amide bonds. The summed E-state index contributed by atoms with van der Waals surface area (Å²) in [5, 5.41) is 3.45. The SMILES string of the molecule is O=C1Nc2ccccc2C1=c1sc2n(c1=O)CN(c1cccc(Cl)c1)CN=2. The van der Waals surface area contributed by atoms with Gasteiger partial charge < -0.3 is 10.2 Å². The first kappa shape index (κ1) is 16.3. The summed E-state index contributed by atoms with van der Waals surface area (Å²) in [5.74, 6) is -0.251. The van der Waals surface area contributed by atoms with Crippen LogP contribution >= 0.6 is 22.9 Å². The van der Waals surface area contributed by atoms with E-state index in [-0.39, 0.29) is 11.5 Å². The average molecular weight is 397 g/mol. The van der Waals surface area contributed by atoms with Gasteiger partial charge >= 0.3 is 0 Å². The number of anilines is 2. The van der Waals surface area contributed by atoms with Crippen molar-refractivity contribution >= 4 is 45.8 Å². The third kappa shape index (κ3) is 2.58. The van der Waals surface area contributed by atoms with Crippen molar-refractivity contribution in [2.24, 2.45) is 4.99 Å². The molecular formula is C19H13ClN4O2S. The molecule has 0 atom stereocenters. The highest BCUT2D eigenvalue weighted by molar-refractivity contribution is 7.07. The Morgan fingerprint density at radius 1 is 1.11 bits per heavy atom. The van der Waals surface area contributed by atoms with Crippen molar-refractivity contribution in [1.29, 1.82) is 0 Å². The van der Waals surface area contributed by atoms with Crippen LogP contribution in [0.15, 0.2) is 58.3 Å². The van der Waals surface area contributed by atoms with Crippen LogP contribution in [0.25, 0.3) is 5.57 Å². The van der Waals surface area contributed by atoms with Gasteiger partial charge in [0.15, 0.2) is 4.80 Å². The van der Waals surface area contributed by atoms with Gasteiger partial charge in [-0.2, -0.15) is 0 Å². The van der Waals surface area contributed by atoms with Crippen LogP contribution in [-0.4, -0.2) is 17.1 Å². The topological polar surface area (TPSA) is 66.7 Å². The van der Waals surface area contributed by atoms with Crippen LogP contribution < -0.4 is 25.1 Å². The largest absolute Gasteiger partial charge is 0.334 e. The second-order valence-corrected chi connectivity index (χ2v) is 7.70. The van der Waals surface area contributed by atoms with Crippen molar-refractivity contribution in [2.45, 2.75) is 6.67 Å². The Morgan fingerprint density at radius 2 is 1.96 bits per heavy atom. The normalized spacial score (nSPS) is 17.2. The molecule has 3 aromatic rings. The molecule has 6 nitrogen and oxygen atoms in total. The minimum Gasteiger partial charge on any atom is -0.334 e. The van der Waals surface area contributed by atoms with Crippen LogP contribution in [0.5, 0.6) is 0 Å². The molecule has 0 spiro atoms. The van der Waals surface area contributed by atoms with Gasteiger partial charge in [-0.3, -0.25) is 14.2 Å². The molecule has 0 radical (unpaired) electrons. The maximum Gasteiger partial charge on any atom is 0.272 e. The van der Waals surface area contributed by atoms with Gasteiger partial charge in [0.05, 0.1) is 5.57 Å². The zero-order valence-electron chi connectivity index (χ0n) is 14.0. The second kappa shape index (κ2) is 6.07. The maximum absolute atomic E-state index is 13.1. The Morgan fingerprint density at radius 3 is 2.81 bits per heavy atom. The number of carbonyl (C=O) groups excluding carboxylic acids is 1. The van der Waals surface area contributed by atoms with Crippen molar-refractivity contribution in [2.75, 3.05) is 16.9 Å². The predicted octanol–water partition coefficient (Wildman–Crippen LogP) is 1.77. The highest BCUT2D eigenvalue weighted by atomic mass is 35.5. The Bertz CT molecular complexity index is 1280. The van der Waals surface area contributed by atoms with E-state index in [0.717, 1.165) is 16.9 Å². The maximum atomic E-state index is 13.1. The van der Waals surface area contributed by atoms with E-state index in [1.165, 1.54) is 11.3 Å². The summed E-state index contributed by atoms with van der Waals surface area (Å²) in [4.78, 5) is 32.7. The Balaban J connectivity index is 1.65. The quantitative estimate of drug-likeness (QED) is 0.681. The number of amides is 1. The molecule has 0 saturated carbocycles. The number of nitrogens with zero attached hydrogens (tertiary/aromatic N) is 3. The molecule has 0 bridgehead atoms. The number of hydrogen-bond donors (Lipinski definition) is 1. The Labute approximate surface area is 162 Å². The summed E-state index contributed by atoms with van der Waals surface area (Å²) >= 11 is 7.34. The van der Waals surface area contributed by atoms with Gasteiger partial charge in [-0.05, 0) is 24.3 Å². The highest BCUT2D eigenvalue weighted by Crippen LogP contribution is 2.29. The van der Waals surface area contributed by atoms with E-state index in [0.29, 0.717) is 33.3 Å². The summed E-state index contributed by atoms with van der Waals surface area (Å²) in [6, 6.07) is 14.8. The monoisotopic (exact) mass is 396 g/mol. The third-order valence-electron chi connectivity index (χ3n) is 4.62. The molecule has 2 aliphatic rings. The zero-order chi connectivity index (χ0) is 18.5. The van der Waals surface area contributed by atoms with E-state index >= 15 is 0 Å². The van der Waals surface area contributed by atoms with Crippen molar-refractivity contribution < 1.29 is 4.79 Å². The first-order chi connectivity index (χ1) is 13.1. The van der Waals surface area contributed by atoms with Gasteiger partial charge in [-0.1, -0.05) is 47.2 Å². The number of aromatic nitrogens is 1. The highest BCUT2D eigenvalue weighted by Gasteiger charge is 2.27. The van der Waals surface area contributed by atoms with Gasteiger partial charge in [0, 0.05) is 22.0 Å². The van der Waals surface area contributed by atoms with Crippen LogP contribution in [0.4, 0.5) is 11.4 Å². The van der Waals surface area contributed by atoms with Gasteiger partial charge in [0.2, 0.25) is 0 Å². The van der Waals surface area contributed by atoms with E-state index in [2.05, 4.69) is 10.3 Å². The Hall–Kier alpha value is -2.90. The summed E-state index contributed by atoms with van der Waals surface area (Å²) in [6.45, 7) is 0.795. The molecule has 3 heterocycles. The number of thiazole rings is 1. The molecule has 1 aromatic heterocycles. The smallest absolute Gasteiger partial charge is 0.272 e. The molecule has 0 aliphatic carbocycles. The number of benzene rings is 2. The van der Waals surface area contributed by atoms with Crippen LogP contribution in [0, 0.1) is 0 Å². The molecule has 0 saturated heterocycles. The van der Waals surface area contributed by atoms with Gasteiger partial charge in [-0.15, -0.1) is 0 Å². The van der Waals surface area contributed by atoms with E-state index in [1.54, 1.807) is 10.6 Å². The molecule has 2 aromatic carbocycles. The lowest BCUT2D eigenvalue weighted by Gasteiger charge is -2.25. The number of carbonyl (C=O) groups is 1. The van der Waals surface area contributed by atoms with Crippen LogP contribution in [0.3, 0.4) is 0 Å². The molecule has 134 valence electrons. The Kier molecular flexibility index (Phi) is 3.66. The summed E-state index contributed by atoms with van der Waals surface area (Å²) in [5.41, 5.74) is 2.60. The van der Waals surface area contributed by atoms with E-state index in [1.807, 2.05) is 47.4 Å². The third-order valence-corrected chi connectivity index (χ3v) is 5.97. The molecule has 5 rings (SSSR count). The first-order valence-electron chi connectivity index (χ1n) is 8.31. The lowest BCUT2D eigenvalue weighted by Crippen LogP contribution is -2.43. The van der Waals surface area contributed by atoms with Crippen LogP contribution in [0.2, 0.25) is 5.02 Å².